The molecule has 0 saturated carbocycles. The maximum absolute atomic E-state index is 14.0. The molecule has 212 valence electrons. The van der Waals surface area contributed by atoms with Gasteiger partial charge in [0.15, 0.2) is 0 Å². The molecule has 1 aliphatic heterocycles. The van der Waals surface area contributed by atoms with Crippen LogP contribution in [0.1, 0.15) is 37.8 Å². The molecule has 5 nitrogen and oxygen atoms in total. The molecule has 5 rings (SSSR count). The number of aromatic amines is 1. The standard InChI is InChI=1S/C33H40F2N4O/c1-4-38(5-2)27-11-8-12-28(22-27)40-32-14-9-13-31(24(32)3)39-18-16-37(17-19-39)15-7-6-10-25-23-36-33-29(25)20-26(34)21-30(33)35/h8-9,11-14,20-23,36H,4-7,10,15-19H2,1-3H3. The van der Waals surface area contributed by atoms with Gasteiger partial charge in [-0.2, -0.15) is 0 Å². The third kappa shape index (κ3) is 6.25. The summed E-state index contributed by atoms with van der Waals surface area (Å²) >= 11 is 0. The third-order valence-electron chi connectivity index (χ3n) is 8.10. The highest BCUT2D eigenvalue weighted by Crippen LogP contribution is 2.34. The molecule has 0 amide bonds. The fraction of sp³-hybridized carbons (Fsp3) is 0.394. The predicted octanol–water partition coefficient (Wildman–Crippen LogP) is 7.54. The summed E-state index contributed by atoms with van der Waals surface area (Å²) in [6, 6.07) is 17.0. The molecule has 1 fully saturated rings. The number of rotatable bonds is 11. The number of aryl methyl sites for hydroxylation is 1. The fourth-order valence-electron chi connectivity index (χ4n) is 5.80. The summed E-state index contributed by atoms with van der Waals surface area (Å²) in [5, 5.41) is 0.657. The number of nitrogens with zero attached hydrogens (tertiary/aromatic N) is 3. The topological polar surface area (TPSA) is 34.7 Å². The Morgan fingerprint density at radius 3 is 2.48 bits per heavy atom. The van der Waals surface area contributed by atoms with Crippen LogP contribution in [0.5, 0.6) is 11.5 Å². The normalized spacial score (nSPS) is 14.2. The predicted molar refractivity (Wildman–Crippen MR) is 161 cm³/mol. The Hall–Kier alpha value is -3.58. The first-order valence-corrected chi connectivity index (χ1v) is 14.5. The smallest absolute Gasteiger partial charge is 0.150 e. The lowest BCUT2D eigenvalue weighted by Gasteiger charge is -2.37. The van der Waals surface area contributed by atoms with Gasteiger partial charge >= 0.3 is 0 Å². The Labute approximate surface area is 236 Å². The Kier molecular flexibility index (Phi) is 8.90. The number of anilines is 2. The van der Waals surface area contributed by atoms with E-state index in [9.17, 15) is 8.78 Å². The van der Waals surface area contributed by atoms with Crippen molar-refractivity contribution in [1.29, 1.82) is 0 Å². The Morgan fingerprint density at radius 2 is 1.70 bits per heavy atom. The van der Waals surface area contributed by atoms with E-state index in [4.69, 9.17) is 4.74 Å². The second kappa shape index (κ2) is 12.7. The highest BCUT2D eigenvalue weighted by molar-refractivity contribution is 5.83. The van der Waals surface area contributed by atoms with Crippen LogP contribution in [-0.2, 0) is 6.42 Å². The zero-order chi connectivity index (χ0) is 28.1. The molecule has 0 aliphatic carbocycles. The number of nitrogens with one attached hydrogen (secondary N) is 1. The molecule has 0 bridgehead atoms. The van der Waals surface area contributed by atoms with Crippen LogP contribution in [0.2, 0.25) is 0 Å². The van der Waals surface area contributed by atoms with Gasteiger partial charge in [0.2, 0.25) is 0 Å². The summed E-state index contributed by atoms with van der Waals surface area (Å²) in [6.45, 7) is 13.4. The largest absolute Gasteiger partial charge is 0.457 e. The van der Waals surface area contributed by atoms with Crippen LogP contribution in [0.15, 0.2) is 60.8 Å². The quantitative estimate of drug-likeness (QED) is 0.197. The van der Waals surface area contributed by atoms with Crippen molar-refractivity contribution in [2.45, 2.75) is 40.0 Å². The zero-order valence-corrected chi connectivity index (χ0v) is 23.9. The van der Waals surface area contributed by atoms with Gasteiger partial charge in [-0.3, -0.25) is 4.90 Å². The SMILES string of the molecule is CCN(CC)c1cccc(Oc2cccc(N3CCN(CCCCc4c[nH]c5c(F)cc(F)cc45)CC3)c2C)c1. The van der Waals surface area contributed by atoms with Gasteiger partial charge in [-0.05, 0) is 82.5 Å². The molecule has 40 heavy (non-hydrogen) atoms. The average molecular weight is 547 g/mol. The average Bonchev–Trinajstić information content (AvgIpc) is 3.36. The lowest BCUT2D eigenvalue weighted by molar-refractivity contribution is 0.253. The van der Waals surface area contributed by atoms with Crippen molar-refractivity contribution in [3.8, 4) is 11.5 Å². The van der Waals surface area contributed by atoms with Gasteiger partial charge in [0, 0.05) is 79.9 Å². The van der Waals surface area contributed by atoms with Gasteiger partial charge in [-0.25, -0.2) is 8.78 Å². The molecule has 1 aromatic heterocycles. The molecular weight excluding hydrogens is 506 g/mol. The van der Waals surface area contributed by atoms with E-state index in [-0.39, 0.29) is 0 Å². The lowest BCUT2D eigenvalue weighted by Crippen LogP contribution is -2.46. The molecule has 3 aromatic carbocycles. The van der Waals surface area contributed by atoms with E-state index in [2.05, 4.69) is 76.9 Å². The van der Waals surface area contributed by atoms with E-state index < -0.39 is 11.6 Å². The number of aromatic nitrogens is 1. The van der Waals surface area contributed by atoms with Crippen molar-refractivity contribution in [1.82, 2.24) is 9.88 Å². The summed E-state index contributed by atoms with van der Waals surface area (Å²) in [5.74, 6) is 0.697. The van der Waals surface area contributed by atoms with Crippen molar-refractivity contribution in [2.24, 2.45) is 0 Å². The Morgan fingerprint density at radius 1 is 0.925 bits per heavy atom. The molecule has 0 spiro atoms. The first-order valence-electron chi connectivity index (χ1n) is 14.5. The van der Waals surface area contributed by atoms with Crippen molar-refractivity contribution < 1.29 is 13.5 Å². The minimum absolute atomic E-state index is 0.394. The molecule has 0 unspecified atom stereocenters. The number of unbranched alkanes of at least 4 members (excludes halogenated alkanes) is 1. The van der Waals surface area contributed by atoms with Gasteiger partial charge in [-0.1, -0.05) is 12.1 Å². The zero-order valence-electron chi connectivity index (χ0n) is 23.9. The third-order valence-corrected chi connectivity index (χ3v) is 8.10. The van der Waals surface area contributed by atoms with Gasteiger partial charge in [-0.15, -0.1) is 0 Å². The summed E-state index contributed by atoms with van der Waals surface area (Å²) in [5.41, 5.74) is 4.95. The van der Waals surface area contributed by atoms with Crippen LogP contribution in [0.3, 0.4) is 0 Å². The molecule has 1 saturated heterocycles. The van der Waals surface area contributed by atoms with Crippen molar-refractivity contribution in [3.63, 3.8) is 0 Å². The minimum atomic E-state index is -0.532. The highest BCUT2D eigenvalue weighted by Gasteiger charge is 2.20. The molecule has 1 N–H and O–H groups in total. The van der Waals surface area contributed by atoms with E-state index in [0.717, 1.165) is 93.8 Å². The number of halogens is 2. The number of fused-ring (bicyclic) bond motifs is 1. The highest BCUT2D eigenvalue weighted by atomic mass is 19.1. The second-order valence-corrected chi connectivity index (χ2v) is 10.6. The first kappa shape index (κ1) is 28.0. The van der Waals surface area contributed by atoms with Crippen LogP contribution in [-0.4, -0.2) is 55.7 Å². The van der Waals surface area contributed by atoms with Gasteiger partial charge in [0.05, 0.1) is 5.52 Å². The molecule has 4 aromatic rings. The molecule has 2 heterocycles. The monoisotopic (exact) mass is 546 g/mol. The minimum Gasteiger partial charge on any atom is -0.457 e. The summed E-state index contributed by atoms with van der Waals surface area (Å²) in [6.07, 6.45) is 4.67. The number of benzene rings is 3. The molecular formula is C33H40F2N4O. The maximum Gasteiger partial charge on any atom is 0.150 e. The summed E-state index contributed by atoms with van der Waals surface area (Å²) in [4.78, 5) is 10.3. The number of hydrogen-bond acceptors (Lipinski definition) is 4. The second-order valence-electron chi connectivity index (χ2n) is 10.6. The van der Waals surface area contributed by atoms with Crippen molar-refractivity contribution in [2.75, 3.05) is 55.6 Å². The van der Waals surface area contributed by atoms with Crippen LogP contribution in [0.4, 0.5) is 20.2 Å². The number of hydrogen-bond donors (Lipinski definition) is 1. The number of piperazine rings is 1. The fourth-order valence-corrected chi connectivity index (χ4v) is 5.80. The Bertz CT molecular complexity index is 1420. The lowest BCUT2D eigenvalue weighted by atomic mass is 10.1. The van der Waals surface area contributed by atoms with E-state index in [1.807, 2.05) is 12.3 Å². The molecule has 7 heteroatoms. The molecule has 0 radical (unpaired) electrons. The van der Waals surface area contributed by atoms with Gasteiger partial charge in [0.1, 0.15) is 23.1 Å². The molecule has 0 atom stereocenters. The van der Waals surface area contributed by atoms with E-state index in [1.54, 1.807) is 0 Å². The number of H-pyrrole nitrogens is 1. The van der Waals surface area contributed by atoms with Crippen LogP contribution in [0, 0.1) is 18.6 Å². The summed E-state index contributed by atoms with van der Waals surface area (Å²) < 4.78 is 34.0. The van der Waals surface area contributed by atoms with E-state index >= 15 is 0 Å². The van der Waals surface area contributed by atoms with Crippen molar-refractivity contribution >= 4 is 22.3 Å². The van der Waals surface area contributed by atoms with Crippen molar-refractivity contribution in [3.05, 3.63) is 83.6 Å². The number of ether oxygens (including phenoxy) is 1. The summed E-state index contributed by atoms with van der Waals surface area (Å²) in [7, 11) is 0. The maximum atomic E-state index is 14.0. The first-order chi connectivity index (χ1) is 19.5. The van der Waals surface area contributed by atoms with E-state index in [0.29, 0.717) is 10.9 Å². The van der Waals surface area contributed by atoms with Crippen LogP contribution < -0.4 is 14.5 Å². The van der Waals surface area contributed by atoms with E-state index in [1.165, 1.54) is 17.4 Å². The van der Waals surface area contributed by atoms with Gasteiger partial charge in [0.25, 0.3) is 0 Å². The van der Waals surface area contributed by atoms with Crippen LogP contribution in [0.25, 0.3) is 10.9 Å². The molecule has 1 aliphatic rings. The van der Waals surface area contributed by atoms with Crippen LogP contribution >= 0.6 is 0 Å². The Balaban J connectivity index is 1.12. The van der Waals surface area contributed by atoms with Gasteiger partial charge < -0.3 is 19.5 Å².